The van der Waals surface area contributed by atoms with Gasteiger partial charge in [-0.05, 0) is 67.9 Å². The quantitative estimate of drug-likeness (QED) is 0.339. The zero-order valence-electron chi connectivity index (χ0n) is 22.0. The molecule has 8 nitrogen and oxygen atoms in total. The number of carbonyl (C=O) groups excluding carboxylic acids is 2. The van der Waals surface area contributed by atoms with E-state index in [0.29, 0.717) is 35.2 Å². The first-order chi connectivity index (χ1) is 19.2. The van der Waals surface area contributed by atoms with Crippen LogP contribution in [-0.4, -0.2) is 58.7 Å². The van der Waals surface area contributed by atoms with Crippen LogP contribution >= 0.6 is 23.2 Å². The van der Waals surface area contributed by atoms with Crippen molar-refractivity contribution in [1.82, 2.24) is 4.90 Å². The number of amides is 1. The molecular formula is C29H28Cl2N2O6S. The zero-order chi connectivity index (χ0) is 28.4. The van der Waals surface area contributed by atoms with Crippen molar-refractivity contribution in [2.24, 2.45) is 0 Å². The lowest BCUT2D eigenvalue weighted by atomic mass is 10.0. The molecule has 3 atom stereocenters. The summed E-state index contributed by atoms with van der Waals surface area (Å²) in [4.78, 5) is 30.1. The molecule has 0 bridgehead atoms. The fourth-order valence-corrected chi connectivity index (χ4v) is 6.43. The number of carbonyl (C=O) groups is 2. The van der Waals surface area contributed by atoms with Crippen molar-refractivity contribution < 1.29 is 28.0 Å². The predicted molar refractivity (Wildman–Crippen MR) is 154 cm³/mol. The number of anilines is 1. The van der Waals surface area contributed by atoms with Gasteiger partial charge >= 0.3 is 5.97 Å². The van der Waals surface area contributed by atoms with E-state index in [2.05, 4.69) is 11.8 Å². The molecule has 0 radical (unpaired) electrons. The minimum atomic E-state index is -1.74. The van der Waals surface area contributed by atoms with Crippen molar-refractivity contribution in [1.29, 1.82) is 0 Å². The number of fused-ring (bicyclic) bond motifs is 1. The van der Waals surface area contributed by atoms with E-state index < -0.39 is 16.8 Å². The first kappa shape index (κ1) is 28.3. The molecular weight excluding hydrogens is 575 g/mol. The van der Waals surface area contributed by atoms with E-state index in [1.54, 1.807) is 24.3 Å². The Morgan fingerprint density at radius 2 is 1.77 bits per heavy atom. The van der Waals surface area contributed by atoms with Crippen molar-refractivity contribution in [2.45, 2.75) is 37.4 Å². The van der Waals surface area contributed by atoms with Gasteiger partial charge in [0.15, 0.2) is 11.5 Å². The Bertz CT molecular complexity index is 1470. The third kappa shape index (κ3) is 6.06. The molecule has 0 saturated carbocycles. The number of piperazine rings is 1. The summed E-state index contributed by atoms with van der Waals surface area (Å²) >= 11 is 12.6. The first-order valence-electron chi connectivity index (χ1n) is 12.8. The molecule has 2 aliphatic rings. The van der Waals surface area contributed by atoms with Gasteiger partial charge < -0.3 is 24.0 Å². The molecule has 0 aliphatic carbocycles. The Kier molecular flexibility index (Phi) is 8.54. The number of rotatable bonds is 7. The Balaban J connectivity index is 1.18. The molecule has 1 amide bonds. The summed E-state index contributed by atoms with van der Waals surface area (Å²) in [6.45, 7) is 5.44. The maximum atomic E-state index is 13.4. The van der Waals surface area contributed by atoms with Crippen LogP contribution in [0.2, 0.25) is 10.0 Å². The van der Waals surface area contributed by atoms with Gasteiger partial charge in [-0.3, -0.25) is 13.8 Å². The number of nitrogens with zero attached hydrogens (tertiary/aromatic N) is 2. The second-order valence-corrected chi connectivity index (χ2v) is 11.9. The van der Waals surface area contributed by atoms with Gasteiger partial charge in [-0.15, -0.1) is 0 Å². The molecule has 0 aromatic heterocycles. The molecule has 2 aliphatic heterocycles. The molecule has 3 aromatic rings. The van der Waals surface area contributed by atoms with E-state index in [-0.39, 0.29) is 47.1 Å². The van der Waals surface area contributed by atoms with Crippen molar-refractivity contribution in [3.05, 3.63) is 81.8 Å². The first-order valence-corrected chi connectivity index (χ1v) is 14.8. The standard InChI is InChI=1S/C29H28Cl2N2O6S/c1-18-19(2)33(11-10-32(18)23-5-3-4-22(30)14-23)29(35)21-7-9-27(24(31)13-21)40(36)16-28(34)37-15-20-6-8-25-26(12-20)39-17-38-25/h3-9,12-14,18-19H,10-11,15-17H2,1-2H3. The van der Waals surface area contributed by atoms with Crippen LogP contribution in [0.3, 0.4) is 0 Å². The molecule has 5 rings (SSSR count). The number of ether oxygens (including phenoxy) is 3. The van der Waals surface area contributed by atoms with Gasteiger partial charge in [0.25, 0.3) is 5.91 Å². The van der Waals surface area contributed by atoms with Gasteiger partial charge in [-0.2, -0.15) is 0 Å². The predicted octanol–water partition coefficient (Wildman–Crippen LogP) is 5.31. The minimum absolute atomic E-state index is 0.00896. The van der Waals surface area contributed by atoms with Gasteiger partial charge in [0.05, 0.1) is 20.7 Å². The normalized spacial score (nSPS) is 18.9. The molecule has 3 aromatic carbocycles. The highest BCUT2D eigenvalue weighted by Gasteiger charge is 2.34. The molecule has 40 heavy (non-hydrogen) atoms. The highest BCUT2D eigenvalue weighted by molar-refractivity contribution is 7.85. The molecule has 2 heterocycles. The Morgan fingerprint density at radius 3 is 2.55 bits per heavy atom. The van der Waals surface area contributed by atoms with Crippen LogP contribution < -0.4 is 14.4 Å². The number of hydrogen-bond donors (Lipinski definition) is 0. The number of benzene rings is 3. The monoisotopic (exact) mass is 602 g/mol. The summed E-state index contributed by atoms with van der Waals surface area (Å²) in [5.74, 6) is 0.0689. The summed E-state index contributed by atoms with van der Waals surface area (Å²) < 4.78 is 28.8. The molecule has 0 spiro atoms. The summed E-state index contributed by atoms with van der Waals surface area (Å²) in [6.07, 6.45) is 0. The highest BCUT2D eigenvalue weighted by Crippen LogP contribution is 2.33. The van der Waals surface area contributed by atoms with Crippen molar-refractivity contribution in [2.75, 3.05) is 30.5 Å². The summed E-state index contributed by atoms with van der Waals surface area (Å²) in [5, 5.41) is 0.826. The van der Waals surface area contributed by atoms with E-state index in [0.717, 1.165) is 11.3 Å². The van der Waals surface area contributed by atoms with E-state index in [4.69, 9.17) is 37.4 Å². The van der Waals surface area contributed by atoms with Gasteiger partial charge in [-0.1, -0.05) is 35.3 Å². The molecule has 1 fully saturated rings. The average molecular weight is 604 g/mol. The smallest absolute Gasteiger partial charge is 0.319 e. The Labute approximate surface area is 245 Å². The molecule has 11 heteroatoms. The maximum Gasteiger partial charge on any atom is 0.319 e. The van der Waals surface area contributed by atoms with Crippen LogP contribution in [0.25, 0.3) is 0 Å². The largest absolute Gasteiger partial charge is 0.460 e. The summed E-state index contributed by atoms with van der Waals surface area (Å²) in [6, 6.07) is 17.6. The van der Waals surface area contributed by atoms with E-state index in [1.165, 1.54) is 12.1 Å². The second-order valence-electron chi connectivity index (χ2n) is 9.64. The second kappa shape index (κ2) is 12.1. The van der Waals surface area contributed by atoms with Crippen LogP contribution in [0.15, 0.2) is 65.6 Å². The maximum absolute atomic E-state index is 13.4. The molecule has 3 unspecified atom stereocenters. The van der Waals surface area contributed by atoms with Gasteiger partial charge in [0, 0.05) is 41.4 Å². The van der Waals surface area contributed by atoms with Crippen molar-refractivity contribution >= 4 is 51.6 Å². The van der Waals surface area contributed by atoms with Crippen molar-refractivity contribution in [3.63, 3.8) is 0 Å². The van der Waals surface area contributed by atoms with Gasteiger partial charge in [0.2, 0.25) is 6.79 Å². The van der Waals surface area contributed by atoms with E-state index in [1.807, 2.05) is 36.1 Å². The lowest BCUT2D eigenvalue weighted by Gasteiger charge is -2.46. The van der Waals surface area contributed by atoms with Gasteiger partial charge in [0.1, 0.15) is 12.4 Å². The van der Waals surface area contributed by atoms with E-state index in [9.17, 15) is 13.8 Å². The van der Waals surface area contributed by atoms with Crippen LogP contribution in [0, 0.1) is 0 Å². The van der Waals surface area contributed by atoms with Gasteiger partial charge in [-0.25, -0.2) is 0 Å². The lowest BCUT2D eigenvalue weighted by Crippen LogP contribution is -2.59. The van der Waals surface area contributed by atoms with Crippen LogP contribution in [-0.2, 0) is 26.9 Å². The summed E-state index contributed by atoms with van der Waals surface area (Å²) in [5.41, 5.74) is 2.14. The van der Waals surface area contributed by atoms with Crippen LogP contribution in [0.1, 0.15) is 29.8 Å². The fraction of sp³-hybridized carbons (Fsp3) is 0.310. The lowest BCUT2D eigenvalue weighted by molar-refractivity contribution is -0.141. The Morgan fingerprint density at radius 1 is 0.975 bits per heavy atom. The zero-order valence-corrected chi connectivity index (χ0v) is 24.3. The minimum Gasteiger partial charge on any atom is -0.460 e. The number of hydrogen-bond acceptors (Lipinski definition) is 7. The summed E-state index contributed by atoms with van der Waals surface area (Å²) in [7, 11) is -1.74. The van der Waals surface area contributed by atoms with Crippen molar-refractivity contribution in [3.8, 4) is 11.5 Å². The third-order valence-electron chi connectivity index (χ3n) is 7.17. The molecule has 210 valence electrons. The fourth-order valence-electron chi connectivity index (χ4n) is 4.85. The average Bonchev–Trinajstić information content (AvgIpc) is 3.41. The number of esters is 1. The molecule has 1 saturated heterocycles. The Hall–Kier alpha value is -3.27. The van der Waals surface area contributed by atoms with E-state index >= 15 is 0 Å². The topological polar surface area (TPSA) is 85.4 Å². The van der Waals surface area contributed by atoms with Crippen LogP contribution in [0.4, 0.5) is 5.69 Å². The number of halogens is 2. The SMILES string of the molecule is CC1C(C)N(c2cccc(Cl)c2)CCN1C(=O)c1ccc(S(=O)CC(=O)OCc2ccc3c(c2)OCO3)c(Cl)c1. The third-order valence-corrected chi connectivity index (χ3v) is 9.18. The van der Waals surface area contributed by atoms with Crippen LogP contribution in [0.5, 0.6) is 11.5 Å². The highest BCUT2D eigenvalue weighted by atomic mass is 35.5. The molecule has 0 N–H and O–H groups in total.